The van der Waals surface area contributed by atoms with Gasteiger partial charge in [0.05, 0.1) is 0 Å². The normalized spacial score (nSPS) is 14.3. The van der Waals surface area contributed by atoms with Crippen molar-refractivity contribution in [3.8, 4) is 0 Å². The van der Waals surface area contributed by atoms with Crippen LogP contribution in [0.2, 0.25) is 0 Å². The molecule has 0 amide bonds. The van der Waals surface area contributed by atoms with Gasteiger partial charge in [0, 0.05) is 37.1 Å². The van der Waals surface area contributed by atoms with Crippen LogP contribution in [-0.2, 0) is 13.1 Å². The molecule has 1 aliphatic carbocycles. The van der Waals surface area contributed by atoms with Crippen LogP contribution in [0.15, 0.2) is 29.2 Å². The number of rotatable bonds is 8. The van der Waals surface area contributed by atoms with E-state index in [0.29, 0.717) is 6.04 Å². The number of nitrogens with one attached hydrogen (secondary N) is 1. The molecule has 3 rings (SSSR count). The highest BCUT2D eigenvalue weighted by Gasteiger charge is 2.30. The Bertz CT molecular complexity index is 534. The minimum absolute atomic E-state index is 0.619. The van der Waals surface area contributed by atoms with Crippen LogP contribution in [0, 0.1) is 0 Å². The van der Waals surface area contributed by atoms with Gasteiger partial charge in [-0.25, -0.2) is 9.97 Å². The van der Waals surface area contributed by atoms with Crippen LogP contribution in [-0.4, -0.2) is 22.6 Å². The maximum absolute atomic E-state index is 4.58. The van der Waals surface area contributed by atoms with E-state index in [1.165, 1.54) is 18.4 Å². The van der Waals surface area contributed by atoms with Crippen molar-refractivity contribution in [2.75, 3.05) is 11.4 Å². The summed E-state index contributed by atoms with van der Waals surface area (Å²) in [5.74, 6) is 0.864. The first-order chi connectivity index (χ1) is 10.4. The molecule has 0 spiro atoms. The van der Waals surface area contributed by atoms with Gasteiger partial charge in [-0.15, -0.1) is 0 Å². The fraction of sp³-hybridized carbons (Fsp3) is 0.500. The predicted octanol–water partition coefficient (Wildman–Crippen LogP) is 3.21. The van der Waals surface area contributed by atoms with Crippen LogP contribution in [0.5, 0.6) is 0 Å². The Balaban J connectivity index is 1.65. The molecule has 1 fully saturated rings. The highest BCUT2D eigenvalue weighted by atomic mass is 32.1. The standard InChI is InChI=1S/C16H22N4S/c1-2-6-17-8-14-9-18-16(19-10-14)20(15-3-4-15)11-13-5-7-21-12-13/h5,7,9-10,12,15,17H,2-4,6,8,11H2,1H3. The Morgan fingerprint density at radius 2 is 2.10 bits per heavy atom. The Hall–Kier alpha value is -1.46. The van der Waals surface area contributed by atoms with Crippen molar-refractivity contribution in [3.05, 3.63) is 40.3 Å². The molecule has 2 aromatic rings. The van der Waals surface area contributed by atoms with Crippen LogP contribution >= 0.6 is 11.3 Å². The third-order valence-corrected chi connectivity index (χ3v) is 4.36. The first-order valence-electron chi connectivity index (χ1n) is 7.66. The van der Waals surface area contributed by atoms with E-state index in [1.807, 2.05) is 12.4 Å². The first kappa shape index (κ1) is 14.5. The van der Waals surface area contributed by atoms with E-state index in [-0.39, 0.29) is 0 Å². The van der Waals surface area contributed by atoms with Crippen molar-refractivity contribution in [1.29, 1.82) is 0 Å². The van der Waals surface area contributed by atoms with E-state index in [9.17, 15) is 0 Å². The molecule has 0 saturated heterocycles. The summed E-state index contributed by atoms with van der Waals surface area (Å²) in [5, 5.41) is 7.71. The van der Waals surface area contributed by atoms with Crippen LogP contribution in [0.1, 0.15) is 37.3 Å². The maximum Gasteiger partial charge on any atom is 0.225 e. The monoisotopic (exact) mass is 302 g/mol. The fourth-order valence-electron chi connectivity index (χ4n) is 2.33. The summed E-state index contributed by atoms with van der Waals surface area (Å²) in [6.07, 6.45) is 7.57. The minimum atomic E-state index is 0.619. The quantitative estimate of drug-likeness (QED) is 0.760. The van der Waals surface area contributed by atoms with Crippen molar-refractivity contribution in [3.63, 3.8) is 0 Å². The van der Waals surface area contributed by atoms with E-state index in [4.69, 9.17) is 0 Å². The fourth-order valence-corrected chi connectivity index (χ4v) is 2.99. The molecule has 1 N–H and O–H groups in total. The van der Waals surface area contributed by atoms with E-state index in [1.54, 1.807) is 11.3 Å². The minimum Gasteiger partial charge on any atom is -0.333 e. The van der Waals surface area contributed by atoms with Gasteiger partial charge in [-0.05, 0) is 48.2 Å². The van der Waals surface area contributed by atoms with Gasteiger partial charge >= 0.3 is 0 Å². The van der Waals surface area contributed by atoms with Crippen molar-refractivity contribution >= 4 is 17.3 Å². The second-order valence-corrected chi connectivity index (χ2v) is 6.34. The lowest BCUT2D eigenvalue weighted by Gasteiger charge is -2.21. The zero-order chi connectivity index (χ0) is 14.5. The van der Waals surface area contributed by atoms with Crippen LogP contribution in [0.4, 0.5) is 5.95 Å². The van der Waals surface area contributed by atoms with Crippen molar-refractivity contribution in [2.45, 2.75) is 45.3 Å². The van der Waals surface area contributed by atoms with Crippen molar-refractivity contribution in [1.82, 2.24) is 15.3 Å². The highest BCUT2D eigenvalue weighted by Crippen LogP contribution is 2.31. The summed E-state index contributed by atoms with van der Waals surface area (Å²) in [4.78, 5) is 11.5. The zero-order valence-electron chi connectivity index (χ0n) is 12.5. The van der Waals surface area contributed by atoms with Gasteiger partial charge in [-0.3, -0.25) is 0 Å². The molecular weight excluding hydrogens is 280 g/mol. The number of anilines is 1. The summed E-state index contributed by atoms with van der Waals surface area (Å²) < 4.78 is 0. The third-order valence-electron chi connectivity index (χ3n) is 3.63. The van der Waals surface area contributed by atoms with E-state index >= 15 is 0 Å². The molecule has 1 aliphatic rings. The molecule has 5 heteroatoms. The molecule has 21 heavy (non-hydrogen) atoms. The Morgan fingerprint density at radius 3 is 2.71 bits per heavy atom. The van der Waals surface area contributed by atoms with Gasteiger partial charge in [-0.1, -0.05) is 6.92 Å². The Morgan fingerprint density at radius 1 is 1.29 bits per heavy atom. The van der Waals surface area contributed by atoms with E-state index < -0.39 is 0 Å². The topological polar surface area (TPSA) is 41.1 Å². The van der Waals surface area contributed by atoms with E-state index in [2.05, 4.69) is 43.9 Å². The Labute approximate surface area is 130 Å². The number of aromatic nitrogens is 2. The molecule has 0 aromatic carbocycles. The van der Waals surface area contributed by atoms with Crippen LogP contribution < -0.4 is 10.2 Å². The summed E-state index contributed by atoms with van der Waals surface area (Å²) in [6.45, 7) is 4.97. The van der Waals surface area contributed by atoms with Gasteiger partial charge < -0.3 is 10.2 Å². The van der Waals surface area contributed by atoms with Crippen molar-refractivity contribution in [2.24, 2.45) is 0 Å². The molecule has 0 aliphatic heterocycles. The molecule has 2 heterocycles. The van der Waals surface area contributed by atoms with E-state index in [0.717, 1.165) is 37.6 Å². The molecule has 112 valence electrons. The lowest BCUT2D eigenvalue weighted by Crippen LogP contribution is -2.27. The van der Waals surface area contributed by atoms with Gasteiger partial charge in [0.25, 0.3) is 0 Å². The number of hydrogen-bond acceptors (Lipinski definition) is 5. The summed E-state index contributed by atoms with van der Waals surface area (Å²) in [5.41, 5.74) is 2.50. The lowest BCUT2D eigenvalue weighted by molar-refractivity contribution is 0.670. The molecule has 0 unspecified atom stereocenters. The summed E-state index contributed by atoms with van der Waals surface area (Å²) in [7, 11) is 0. The van der Waals surface area contributed by atoms with Crippen LogP contribution in [0.3, 0.4) is 0 Å². The molecule has 0 bridgehead atoms. The molecule has 0 atom stereocenters. The molecule has 4 nitrogen and oxygen atoms in total. The van der Waals surface area contributed by atoms with Gasteiger partial charge in [0.15, 0.2) is 0 Å². The van der Waals surface area contributed by atoms with Gasteiger partial charge in [0.2, 0.25) is 5.95 Å². The summed E-state index contributed by atoms with van der Waals surface area (Å²) >= 11 is 1.75. The lowest BCUT2D eigenvalue weighted by atomic mass is 10.3. The molecular formula is C16H22N4S. The average Bonchev–Trinajstić information content (AvgIpc) is 3.23. The SMILES string of the molecule is CCCNCc1cnc(N(Cc2ccsc2)C2CC2)nc1. The van der Waals surface area contributed by atoms with Crippen molar-refractivity contribution < 1.29 is 0 Å². The first-order valence-corrected chi connectivity index (χ1v) is 8.60. The molecule has 2 aromatic heterocycles. The number of thiophene rings is 1. The average molecular weight is 302 g/mol. The third kappa shape index (κ3) is 4.02. The van der Waals surface area contributed by atoms with Gasteiger partial charge in [-0.2, -0.15) is 11.3 Å². The van der Waals surface area contributed by atoms with Crippen LogP contribution in [0.25, 0.3) is 0 Å². The number of hydrogen-bond donors (Lipinski definition) is 1. The zero-order valence-corrected chi connectivity index (χ0v) is 13.3. The smallest absolute Gasteiger partial charge is 0.225 e. The Kier molecular flexibility index (Phi) is 4.83. The molecule has 0 radical (unpaired) electrons. The molecule has 1 saturated carbocycles. The number of nitrogens with zero attached hydrogens (tertiary/aromatic N) is 3. The predicted molar refractivity (Wildman–Crippen MR) is 87.6 cm³/mol. The summed E-state index contributed by atoms with van der Waals surface area (Å²) in [6, 6.07) is 2.80. The second-order valence-electron chi connectivity index (χ2n) is 5.56. The van der Waals surface area contributed by atoms with Gasteiger partial charge in [0.1, 0.15) is 0 Å². The highest BCUT2D eigenvalue weighted by molar-refractivity contribution is 7.07. The largest absolute Gasteiger partial charge is 0.333 e. The second kappa shape index (κ2) is 7.00. The maximum atomic E-state index is 4.58.